The number of nitrogens with zero attached hydrogens (tertiary/aromatic N) is 2. The molecule has 1 aliphatic heterocycles. The third-order valence-electron chi connectivity index (χ3n) is 5.08. The molecule has 0 unspecified atom stereocenters. The molecule has 0 saturated heterocycles. The Hall–Kier alpha value is -3.49. The molecule has 0 spiro atoms. The van der Waals surface area contributed by atoms with E-state index >= 15 is 0 Å². The van der Waals surface area contributed by atoms with Gasteiger partial charge in [-0.1, -0.05) is 6.07 Å². The predicted molar refractivity (Wildman–Crippen MR) is 105 cm³/mol. The number of fused-ring (bicyclic) bond motifs is 2. The van der Waals surface area contributed by atoms with Crippen LogP contribution < -0.4 is 20.1 Å². The average Bonchev–Trinajstić information content (AvgIpc) is 3.35. The molecular formula is C21H17F3N4O2. The van der Waals surface area contributed by atoms with E-state index in [1.807, 2.05) is 12.1 Å². The zero-order valence-electron chi connectivity index (χ0n) is 15.7. The lowest BCUT2D eigenvalue weighted by Gasteiger charge is -2.15. The van der Waals surface area contributed by atoms with Crippen molar-refractivity contribution < 1.29 is 22.6 Å². The summed E-state index contributed by atoms with van der Waals surface area (Å²) in [7, 11) is 0. The van der Waals surface area contributed by atoms with E-state index in [0.29, 0.717) is 22.9 Å². The van der Waals surface area contributed by atoms with Crippen LogP contribution >= 0.6 is 0 Å². The first kappa shape index (κ1) is 18.5. The van der Waals surface area contributed by atoms with Gasteiger partial charge in [0.2, 0.25) is 12.7 Å². The summed E-state index contributed by atoms with van der Waals surface area (Å²) < 4.78 is 51.1. The first-order valence-electron chi connectivity index (χ1n) is 9.45. The monoisotopic (exact) mass is 414 g/mol. The lowest BCUT2D eigenvalue weighted by atomic mass is 10.1. The lowest BCUT2D eigenvalue weighted by molar-refractivity contribution is -0.137. The van der Waals surface area contributed by atoms with E-state index in [1.165, 1.54) is 5.56 Å². The summed E-state index contributed by atoms with van der Waals surface area (Å²) in [6, 6.07) is 10.7. The molecule has 1 aromatic heterocycles. The molecule has 1 aliphatic carbocycles. The third kappa shape index (κ3) is 3.58. The van der Waals surface area contributed by atoms with Crippen LogP contribution in [-0.4, -0.2) is 16.8 Å². The second kappa shape index (κ2) is 7.08. The van der Waals surface area contributed by atoms with Gasteiger partial charge in [-0.2, -0.15) is 18.2 Å². The summed E-state index contributed by atoms with van der Waals surface area (Å²) in [5, 5.41) is 5.74. The van der Waals surface area contributed by atoms with Gasteiger partial charge in [-0.3, -0.25) is 0 Å². The molecule has 6 nitrogen and oxygen atoms in total. The smallest absolute Gasteiger partial charge is 0.421 e. The molecule has 2 aliphatic rings. The standard InChI is InChI=1S/C21H17F3N4O2/c22-21(23,24)16-10-25-20(27-15-6-7-17-18(9-15)30-11-29-17)28-19(16)26-14-5-4-12-2-1-3-13(12)8-14/h4-10H,1-3,11H2,(H2,25,26,27,28). The molecule has 0 saturated carbocycles. The van der Waals surface area contributed by atoms with Crippen LogP contribution in [0.3, 0.4) is 0 Å². The first-order valence-corrected chi connectivity index (χ1v) is 9.45. The highest BCUT2D eigenvalue weighted by molar-refractivity contribution is 5.65. The molecule has 154 valence electrons. The second-order valence-corrected chi connectivity index (χ2v) is 7.11. The number of alkyl halides is 3. The number of ether oxygens (including phenoxy) is 2. The summed E-state index contributed by atoms with van der Waals surface area (Å²) in [5.74, 6) is 0.875. The zero-order chi connectivity index (χ0) is 20.7. The Morgan fingerprint density at radius 3 is 2.50 bits per heavy atom. The van der Waals surface area contributed by atoms with Gasteiger partial charge in [0.15, 0.2) is 11.5 Å². The molecule has 9 heteroatoms. The van der Waals surface area contributed by atoms with Crippen molar-refractivity contribution >= 4 is 23.1 Å². The Morgan fingerprint density at radius 1 is 0.867 bits per heavy atom. The van der Waals surface area contributed by atoms with Gasteiger partial charge < -0.3 is 20.1 Å². The highest BCUT2D eigenvalue weighted by atomic mass is 19.4. The van der Waals surface area contributed by atoms with Crippen LogP contribution in [0.25, 0.3) is 0 Å². The van der Waals surface area contributed by atoms with Crippen molar-refractivity contribution in [3.05, 3.63) is 59.3 Å². The minimum atomic E-state index is -4.59. The molecule has 0 fully saturated rings. The highest BCUT2D eigenvalue weighted by Gasteiger charge is 2.35. The Balaban J connectivity index is 1.45. The minimum Gasteiger partial charge on any atom is -0.454 e. The maximum atomic E-state index is 13.5. The van der Waals surface area contributed by atoms with E-state index < -0.39 is 11.7 Å². The number of aromatic nitrogens is 2. The number of aryl methyl sites for hydroxylation is 2. The number of hydrogen-bond donors (Lipinski definition) is 2. The van der Waals surface area contributed by atoms with Gasteiger partial charge in [-0.15, -0.1) is 0 Å². The third-order valence-corrected chi connectivity index (χ3v) is 5.08. The quantitative estimate of drug-likeness (QED) is 0.612. The number of hydrogen-bond acceptors (Lipinski definition) is 6. The van der Waals surface area contributed by atoms with Gasteiger partial charge in [0.25, 0.3) is 0 Å². The van der Waals surface area contributed by atoms with E-state index in [1.54, 1.807) is 24.3 Å². The van der Waals surface area contributed by atoms with E-state index in [4.69, 9.17) is 9.47 Å². The van der Waals surface area contributed by atoms with Crippen molar-refractivity contribution in [3.63, 3.8) is 0 Å². The average molecular weight is 414 g/mol. The van der Waals surface area contributed by atoms with Crippen molar-refractivity contribution in [1.82, 2.24) is 9.97 Å². The Kier molecular flexibility index (Phi) is 4.38. The van der Waals surface area contributed by atoms with Gasteiger partial charge in [0.1, 0.15) is 11.4 Å². The molecule has 0 bridgehead atoms. The molecule has 0 radical (unpaired) electrons. The Bertz CT molecular complexity index is 1120. The van der Waals surface area contributed by atoms with Crippen LogP contribution in [0.1, 0.15) is 23.1 Å². The van der Waals surface area contributed by atoms with Crippen molar-refractivity contribution in [1.29, 1.82) is 0 Å². The fourth-order valence-electron chi connectivity index (χ4n) is 3.63. The summed E-state index contributed by atoms with van der Waals surface area (Å²) >= 11 is 0. The minimum absolute atomic E-state index is 0.0329. The molecule has 5 rings (SSSR count). The second-order valence-electron chi connectivity index (χ2n) is 7.11. The number of benzene rings is 2. The van der Waals surface area contributed by atoms with Gasteiger partial charge in [0.05, 0.1) is 0 Å². The van der Waals surface area contributed by atoms with E-state index in [9.17, 15) is 13.2 Å². The SMILES string of the molecule is FC(F)(F)c1cnc(Nc2ccc3c(c2)OCO3)nc1Nc1ccc2c(c1)CCC2. The maximum absolute atomic E-state index is 13.5. The van der Waals surface area contributed by atoms with Crippen LogP contribution in [0.4, 0.5) is 36.3 Å². The summed E-state index contributed by atoms with van der Waals surface area (Å²) in [4.78, 5) is 7.93. The fraction of sp³-hybridized carbons (Fsp3) is 0.238. The number of halogens is 3. The van der Waals surface area contributed by atoms with Crippen molar-refractivity contribution in [2.45, 2.75) is 25.4 Å². The molecule has 2 N–H and O–H groups in total. The fourth-order valence-corrected chi connectivity index (χ4v) is 3.63. The van der Waals surface area contributed by atoms with E-state index in [2.05, 4.69) is 20.6 Å². The Labute approximate surface area is 170 Å². The van der Waals surface area contributed by atoms with Crippen LogP contribution in [0.15, 0.2) is 42.6 Å². The van der Waals surface area contributed by atoms with Gasteiger partial charge in [-0.25, -0.2) is 4.98 Å². The van der Waals surface area contributed by atoms with Crippen molar-refractivity contribution in [2.24, 2.45) is 0 Å². The first-order chi connectivity index (χ1) is 14.5. The largest absolute Gasteiger partial charge is 0.454 e. The summed E-state index contributed by atoms with van der Waals surface area (Å²) in [6.45, 7) is 0.129. The molecule has 0 amide bonds. The van der Waals surface area contributed by atoms with Crippen LogP contribution in [0, 0.1) is 0 Å². The summed E-state index contributed by atoms with van der Waals surface area (Å²) in [5.41, 5.74) is 2.60. The van der Waals surface area contributed by atoms with Crippen LogP contribution in [0.2, 0.25) is 0 Å². The number of anilines is 4. The molecule has 2 heterocycles. The van der Waals surface area contributed by atoms with Crippen molar-refractivity contribution in [3.8, 4) is 11.5 Å². The summed E-state index contributed by atoms with van der Waals surface area (Å²) in [6.07, 6.45) is -0.823. The normalized spacial score (nSPS) is 14.5. The molecule has 30 heavy (non-hydrogen) atoms. The lowest BCUT2D eigenvalue weighted by Crippen LogP contribution is -2.12. The van der Waals surface area contributed by atoms with E-state index in [-0.39, 0.29) is 18.6 Å². The zero-order valence-corrected chi connectivity index (χ0v) is 15.7. The van der Waals surface area contributed by atoms with Crippen molar-refractivity contribution in [2.75, 3.05) is 17.4 Å². The van der Waals surface area contributed by atoms with Gasteiger partial charge >= 0.3 is 6.18 Å². The van der Waals surface area contributed by atoms with Gasteiger partial charge in [-0.05, 0) is 54.7 Å². The van der Waals surface area contributed by atoms with Gasteiger partial charge in [0, 0.05) is 23.6 Å². The number of rotatable bonds is 4. The molecular weight excluding hydrogens is 397 g/mol. The van der Waals surface area contributed by atoms with Crippen LogP contribution in [-0.2, 0) is 19.0 Å². The topological polar surface area (TPSA) is 68.3 Å². The maximum Gasteiger partial charge on any atom is 0.421 e. The molecule has 3 aromatic rings. The highest BCUT2D eigenvalue weighted by Crippen LogP contribution is 2.37. The Morgan fingerprint density at radius 2 is 1.63 bits per heavy atom. The molecule has 0 atom stereocenters. The van der Waals surface area contributed by atoms with E-state index in [0.717, 1.165) is 31.0 Å². The molecule has 2 aromatic carbocycles. The number of nitrogens with one attached hydrogen (secondary N) is 2. The van der Waals surface area contributed by atoms with Crippen LogP contribution in [0.5, 0.6) is 11.5 Å². The predicted octanol–water partition coefficient (Wildman–Crippen LogP) is 5.20.